The number of amides is 2. The second kappa shape index (κ2) is 7.56. The molecule has 0 saturated heterocycles. The topological polar surface area (TPSA) is 89.3 Å². The Bertz CT molecular complexity index is 628. The summed E-state index contributed by atoms with van der Waals surface area (Å²) in [6, 6.07) is 3.34. The predicted octanol–water partition coefficient (Wildman–Crippen LogP) is 3.27. The average Bonchev–Trinajstić information content (AvgIpc) is 3.17. The molecule has 0 radical (unpaired) electrons. The molecule has 1 aliphatic rings. The Morgan fingerprint density at radius 3 is 3.00 bits per heavy atom. The largest absolute Gasteiger partial charge is 0.462 e. The third kappa shape index (κ3) is 4.08. The number of rotatable bonds is 4. The summed E-state index contributed by atoms with van der Waals surface area (Å²) in [5, 5.41) is 14.8. The van der Waals surface area contributed by atoms with Crippen molar-refractivity contribution in [3.8, 4) is 10.8 Å². The van der Waals surface area contributed by atoms with E-state index in [0.29, 0.717) is 15.9 Å². The molecule has 0 aromatic carbocycles. The van der Waals surface area contributed by atoms with E-state index in [1.165, 1.54) is 17.8 Å². The molecule has 1 saturated carbocycles. The van der Waals surface area contributed by atoms with Crippen LogP contribution < -0.4 is 10.6 Å². The molecule has 2 N–H and O–H groups in total. The highest BCUT2D eigenvalue weighted by Crippen LogP contribution is 2.26. The zero-order valence-corrected chi connectivity index (χ0v) is 13.8. The van der Waals surface area contributed by atoms with E-state index in [1.54, 1.807) is 25.5 Å². The second-order valence-corrected chi connectivity index (χ2v) is 6.48. The van der Waals surface area contributed by atoms with E-state index in [9.17, 15) is 4.79 Å². The molecule has 2 aromatic rings. The molecular weight excluding hydrogens is 316 g/mol. The third-order valence-electron chi connectivity index (χ3n) is 3.95. The molecule has 124 valence electrons. The minimum atomic E-state index is -0.277. The van der Waals surface area contributed by atoms with E-state index in [4.69, 9.17) is 9.15 Å². The number of aromatic nitrogens is 2. The Labute approximate surface area is 138 Å². The maximum Gasteiger partial charge on any atom is 0.321 e. The van der Waals surface area contributed by atoms with Crippen molar-refractivity contribution in [2.24, 2.45) is 0 Å². The number of nitrogens with zero attached hydrogens (tertiary/aromatic N) is 2. The molecule has 2 unspecified atom stereocenters. The Kier molecular flexibility index (Phi) is 5.24. The van der Waals surface area contributed by atoms with Crippen LogP contribution in [0.4, 0.5) is 9.93 Å². The number of furan rings is 1. The van der Waals surface area contributed by atoms with Crippen molar-refractivity contribution in [3.63, 3.8) is 0 Å². The van der Waals surface area contributed by atoms with Gasteiger partial charge in [0, 0.05) is 7.11 Å². The maximum absolute atomic E-state index is 12.2. The van der Waals surface area contributed by atoms with Crippen molar-refractivity contribution in [2.75, 3.05) is 12.4 Å². The number of ether oxygens (including phenoxy) is 1. The standard InChI is InChI=1S/C15H20N4O3S/c1-21-11-7-4-2-3-6-10(11)16-14(20)17-15-19-18-13(23-15)12-8-5-9-22-12/h5,8-11H,2-4,6-7H2,1H3,(H2,16,17,19,20). The zero-order chi connectivity index (χ0) is 16.1. The summed E-state index contributed by atoms with van der Waals surface area (Å²) in [5.41, 5.74) is 0. The Morgan fingerprint density at radius 2 is 2.22 bits per heavy atom. The first-order chi connectivity index (χ1) is 11.3. The smallest absolute Gasteiger partial charge is 0.321 e. The first-order valence-electron chi connectivity index (χ1n) is 7.74. The fraction of sp³-hybridized carbons (Fsp3) is 0.533. The van der Waals surface area contributed by atoms with Crippen LogP contribution >= 0.6 is 11.3 Å². The summed E-state index contributed by atoms with van der Waals surface area (Å²) in [5.74, 6) is 0.638. The molecule has 7 nitrogen and oxygen atoms in total. The van der Waals surface area contributed by atoms with Crippen LogP contribution in [-0.4, -0.2) is 35.5 Å². The van der Waals surface area contributed by atoms with E-state index in [1.807, 2.05) is 0 Å². The van der Waals surface area contributed by atoms with Crippen molar-refractivity contribution < 1.29 is 13.9 Å². The number of carbonyl (C=O) groups is 1. The number of nitrogens with one attached hydrogen (secondary N) is 2. The fourth-order valence-electron chi connectivity index (χ4n) is 2.80. The molecule has 1 aliphatic carbocycles. The van der Waals surface area contributed by atoms with Crippen molar-refractivity contribution in [3.05, 3.63) is 18.4 Å². The molecule has 2 atom stereocenters. The molecule has 8 heteroatoms. The van der Waals surface area contributed by atoms with Crippen molar-refractivity contribution >= 4 is 22.5 Å². The van der Waals surface area contributed by atoms with Gasteiger partial charge in [-0.05, 0) is 25.0 Å². The molecule has 0 aliphatic heterocycles. The molecule has 2 heterocycles. The lowest BCUT2D eigenvalue weighted by atomic mass is 10.1. The zero-order valence-electron chi connectivity index (χ0n) is 12.9. The molecular formula is C15H20N4O3S. The van der Waals surface area contributed by atoms with Gasteiger partial charge in [-0.3, -0.25) is 5.32 Å². The van der Waals surface area contributed by atoms with Crippen LogP contribution in [0.1, 0.15) is 32.1 Å². The van der Waals surface area contributed by atoms with Crippen LogP contribution in [0.5, 0.6) is 0 Å². The highest BCUT2D eigenvalue weighted by molar-refractivity contribution is 7.18. The van der Waals surface area contributed by atoms with Gasteiger partial charge in [0.25, 0.3) is 0 Å². The van der Waals surface area contributed by atoms with Crippen molar-refractivity contribution in [1.82, 2.24) is 15.5 Å². The number of carbonyl (C=O) groups excluding carboxylic acids is 1. The summed E-state index contributed by atoms with van der Waals surface area (Å²) in [6.45, 7) is 0. The predicted molar refractivity (Wildman–Crippen MR) is 87.4 cm³/mol. The van der Waals surface area contributed by atoms with Gasteiger partial charge in [-0.1, -0.05) is 30.6 Å². The number of methoxy groups -OCH3 is 1. The minimum Gasteiger partial charge on any atom is -0.462 e. The minimum absolute atomic E-state index is 0.0277. The first kappa shape index (κ1) is 15.9. The van der Waals surface area contributed by atoms with Gasteiger partial charge in [0.15, 0.2) is 10.8 Å². The molecule has 1 fully saturated rings. The Balaban J connectivity index is 1.58. The lowest BCUT2D eigenvalue weighted by molar-refractivity contribution is 0.0667. The van der Waals surface area contributed by atoms with E-state index >= 15 is 0 Å². The summed E-state index contributed by atoms with van der Waals surface area (Å²) in [6.07, 6.45) is 6.97. The summed E-state index contributed by atoms with van der Waals surface area (Å²) < 4.78 is 10.8. The molecule has 0 spiro atoms. The van der Waals surface area contributed by atoms with Gasteiger partial charge in [0.05, 0.1) is 18.4 Å². The van der Waals surface area contributed by atoms with Crippen LogP contribution in [0.3, 0.4) is 0 Å². The summed E-state index contributed by atoms with van der Waals surface area (Å²) in [4.78, 5) is 12.2. The van der Waals surface area contributed by atoms with E-state index in [2.05, 4.69) is 20.8 Å². The third-order valence-corrected chi connectivity index (χ3v) is 4.80. The van der Waals surface area contributed by atoms with Gasteiger partial charge in [0.1, 0.15) is 0 Å². The van der Waals surface area contributed by atoms with Crippen LogP contribution in [-0.2, 0) is 4.74 Å². The normalized spacial score (nSPS) is 21.6. The Hall–Kier alpha value is -1.93. The number of urea groups is 1. The highest BCUT2D eigenvalue weighted by Gasteiger charge is 2.25. The number of hydrogen-bond donors (Lipinski definition) is 2. The van der Waals surface area contributed by atoms with Gasteiger partial charge in [-0.2, -0.15) is 0 Å². The van der Waals surface area contributed by atoms with E-state index in [0.717, 1.165) is 25.7 Å². The summed E-state index contributed by atoms with van der Waals surface area (Å²) >= 11 is 1.27. The SMILES string of the molecule is COC1CCCCCC1NC(=O)Nc1nnc(-c2ccco2)s1. The van der Waals surface area contributed by atoms with Crippen LogP contribution in [0.25, 0.3) is 10.8 Å². The highest BCUT2D eigenvalue weighted by atomic mass is 32.1. The van der Waals surface area contributed by atoms with Crippen LogP contribution in [0.2, 0.25) is 0 Å². The molecule has 23 heavy (non-hydrogen) atoms. The van der Waals surface area contributed by atoms with Crippen LogP contribution in [0.15, 0.2) is 22.8 Å². The maximum atomic E-state index is 12.2. The van der Waals surface area contributed by atoms with Gasteiger partial charge >= 0.3 is 6.03 Å². The fourth-order valence-corrected chi connectivity index (χ4v) is 3.50. The quantitative estimate of drug-likeness (QED) is 0.837. The summed E-state index contributed by atoms with van der Waals surface area (Å²) in [7, 11) is 1.70. The molecule has 3 rings (SSSR count). The molecule has 2 aromatic heterocycles. The van der Waals surface area contributed by atoms with Crippen molar-refractivity contribution in [2.45, 2.75) is 44.2 Å². The number of anilines is 1. The van der Waals surface area contributed by atoms with Gasteiger partial charge in [0.2, 0.25) is 5.13 Å². The first-order valence-corrected chi connectivity index (χ1v) is 8.55. The monoisotopic (exact) mass is 336 g/mol. The molecule has 0 bridgehead atoms. The second-order valence-electron chi connectivity index (χ2n) is 5.51. The van der Waals surface area contributed by atoms with Gasteiger partial charge in [-0.15, -0.1) is 10.2 Å². The average molecular weight is 336 g/mol. The lowest BCUT2D eigenvalue weighted by Crippen LogP contribution is -2.45. The number of hydrogen-bond acceptors (Lipinski definition) is 6. The Morgan fingerprint density at radius 1 is 1.35 bits per heavy atom. The van der Waals surface area contributed by atoms with Crippen molar-refractivity contribution in [1.29, 1.82) is 0 Å². The van der Waals surface area contributed by atoms with Gasteiger partial charge in [-0.25, -0.2) is 4.79 Å². The lowest BCUT2D eigenvalue weighted by Gasteiger charge is -2.24. The molecule has 2 amide bonds. The van der Waals surface area contributed by atoms with E-state index in [-0.39, 0.29) is 18.2 Å². The van der Waals surface area contributed by atoms with Gasteiger partial charge < -0.3 is 14.5 Å². The van der Waals surface area contributed by atoms with E-state index < -0.39 is 0 Å². The van der Waals surface area contributed by atoms with Crippen LogP contribution in [0, 0.1) is 0 Å².